The highest BCUT2D eigenvalue weighted by Crippen LogP contribution is 2.37. The van der Waals surface area contributed by atoms with Gasteiger partial charge in [-0.2, -0.15) is 0 Å². The molecule has 10 heteroatoms. The normalized spacial score (nSPS) is 13.7. The fourth-order valence-electron chi connectivity index (χ4n) is 1.54. The van der Waals surface area contributed by atoms with Gasteiger partial charge in [-0.15, -0.1) is 10.2 Å². The quantitative estimate of drug-likeness (QED) is 0.527. The minimum Gasteiger partial charge on any atom is -0.480 e. The highest BCUT2D eigenvalue weighted by atomic mass is 32.2. The van der Waals surface area contributed by atoms with E-state index in [9.17, 15) is 14.4 Å². The number of carboxylic acids is 1. The van der Waals surface area contributed by atoms with E-state index < -0.39 is 18.4 Å². The molecule has 2 amide bonds. The maximum atomic E-state index is 11.6. The zero-order valence-electron chi connectivity index (χ0n) is 11.1. The van der Waals surface area contributed by atoms with Crippen LogP contribution >= 0.6 is 11.8 Å². The standard InChI is InChI=1S/C11H15N5O4S/c17-8(13-4-10(19)20)3-12-9(18)5-21-11-15-14-6-16(11)7-1-2-7/h6-7H,1-5H2,(H,12,18)(H,13,17)(H,19,20). The van der Waals surface area contributed by atoms with Crippen molar-refractivity contribution < 1.29 is 19.5 Å². The van der Waals surface area contributed by atoms with E-state index in [1.165, 1.54) is 11.8 Å². The Balaban J connectivity index is 1.66. The molecule has 1 saturated carbocycles. The number of carbonyl (C=O) groups is 3. The topological polar surface area (TPSA) is 126 Å². The smallest absolute Gasteiger partial charge is 0.322 e. The Morgan fingerprint density at radius 1 is 1.29 bits per heavy atom. The first-order valence-corrected chi connectivity index (χ1v) is 7.32. The maximum Gasteiger partial charge on any atom is 0.322 e. The predicted octanol–water partition coefficient (Wildman–Crippen LogP) is -0.978. The van der Waals surface area contributed by atoms with E-state index in [1.807, 2.05) is 4.57 Å². The van der Waals surface area contributed by atoms with Crippen molar-refractivity contribution in [2.75, 3.05) is 18.8 Å². The summed E-state index contributed by atoms with van der Waals surface area (Å²) in [7, 11) is 0. The summed E-state index contributed by atoms with van der Waals surface area (Å²) in [4.78, 5) is 33.1. The Bertz CT molecular complexity index is 542. The summed E-state index contributed by atoms with van der Waals surface area (Å²) in [6, 6.07) is 0.437. The third kappa shape index (κ3) is 5.06. The van der Waals surface area contributed by atoms with Gasteiger partial charge in [-0.1, -0.05) is 11.8 Å². The third-order valence-corrected chi connectivity index (χ3v) is 3.65. The number of hydrogen-bond donors (Lipinski definition) is 3. The second kappa shape index (κ2) is 7.07. The molecule has 0 saturated heterocycles. The lowest BCUT2D eigenvalue weighted by Gasteiger charge is -2.06. The van der Waals surface area contributed by atoms with E-state index >= 15 is 0 Å². The second-order valence-electron chi connectivity index (χ2n) is 4.49. The van der Waals surface area contributed by atoms with Crippen molar-refractivity contribution in [3.8, 4) is 0 Å². The van der Waals surface area contributed by atoms with Crippen LogP contribution in [0.5, 0.6) is 0 Å². The van der Waals surface area contributed by atoms with E-state index in [0.717, 1.165) is 12.8 Å². The molecule has 0 aromatic carbocycles. The van der Waals surface area contributed by atoms with E-state index in [2.05, 4.69) is 20.8 Å². The molecule has 0 spiro atoms. The molecule has 0 bridgehead atoms. The van der Waals surface area contributed by atoms with Crippen LogP contribution in [0.15, 0.2) is 11.5 Å². The molecular formula is C11H15N5O4S. The number of amides is 2. The molecule has 1 heterocycles. The molecule has 0 aliphatic heterocycles. The van der Waals surface area contributed by atoms with Gasteiger partial charge in [-0.25, -0.2) is 0 Å². The Hall–Kier alpha value is -2.10. The Morgan fingerprint density at radius 2 is 2.00 bits per heavy atom. The van der Waals surface area contributed by atoms with Crippen LogP contribution in [0.4, 0.5) is 0 Å². The number of aliphatic carboxylic acids is 1. The molecule has 114 valence electrons. The van der Waals surface area contributed by atoms with Gasteiger partial charge in [0.15, 0.2) is 5.16 Å². The number of carbonyl (C=O) groups excluding carboxylic acids is 2. The van der Waals surface area contributed by atoms with Crippen LogP contribution in [0.3, 0.4) is 0 Å². The lowest BCUT2D eigenvalue weighted by atomic mass is 10.5. The van der Waals surface area contributed by atoms with Gasteiger partial charge in [0.2, 0.25) is 11.8 Å². The predicted molar refractivity (Wildman–Crippen MR) is 72.7 cm³/mol. The zero-order valence-corrected chi connectivity index (χ0v) is 11.9. The van der Waals surface area contributed by atoms with Crippen LogP contribution in [-0.2, 0) is 14.4 Å². The van der Waals surface area contributed by atoms with Crippen LogP contribution < -0.4 is 10.6 Å². The van der Waals surface area contributed by atoms with E-state index in [-0.39, 0.29) is 18.2 Å². The minimum atomic E-state index is -1.13. The van der Waals surface area contributed by atoms with Gasteiger partial charge >= 0.3 is 5.97 Å². The summed E-state index contributed by atoms with van der Waals surface area (Å²) >= 11 is 1.25. The van der Waals surface area contributed by atoms with Gasteiger partial charge in [-0.3, -0.25) is 14.4 Å². The highest BCUT2D eigenvalue weighted by Gasteiger charge is 2.26. The van der Waals surface area contributed by atoms with Crippen molar-refractivity contribution in [2.24, 2.45) is 0 Å². The first-order chi connectivity index (χ1) is 10.1. The molecule has 0 atom stereocenters. The van der Waals surface area contributed by atoms with E-state index in [4.69, 9.17) is 5.11 Å². The van der Waals surface area contributed by atoms with E-state index in [0.29, 0.717) is 11.2 Å². The van der Waals surface area contributed by atoms with Crippen molar-refractivity contribution in [1.82, 2.24) is 25.4 Å². The number of aromatic nitrogens is 3. The van der Waals surface area contributed by atoms with Crippen molar-refractivity contribution in [1.29, 1.82) is 0 Å². The lowest BCUT2D eigenvalue weighted by molar-refractivity contribution is -0.137. The highest BCUT2D eigenvalue weighted by molar-refractivity contribution is 7.99. The summed E-state index contributed by atoms with van der Waals surface area (Å²) in [5, 5.41) is 21.4. The molecule has 9 nitrogen and oxygen atoms in total. The first-order valence-electron chi connectivity index (χ1n) is 6.33. The van der Waals surface area contributed by atoms with Gasteiger partial charge in [0.05, 0.1) is 12.3 Å². The molecule has 1 aromatic heterocycles. The summed E-state index contributed by atoms with van der Waals surface area (Å²) < 4.78 is 1.94. The number of rotatable bonds is 8. The van der Waals surface area contributed by atoms with Crippen molar-refractivity contribution in [2.45, 2.75) is 24.0 Å². The van der Waals surface area contributed by atoms with Gasteiger partial charge in [0, 0.05) is 6.04 Å². The first kappa shape index (κ1) is 15.3. The van der Waals surface area contributed by atoms with Crippen molar-refractivity contribution >= 4 is 29.5 Å². The molecule has 1 aliphatic carbocycles. The number of carboxylic acid groups (broad SMARTS) is 1. The van der Waals surface area contributed by atoms with Crippen molar-refractivity contribution in [3.63, 3.8) is 0 Å². The van der Waals surface area contributed by atoms with Gasteiger partial charge in [-0.05, 0) is 12.8 Å². The average Bonchev–Trinajstić information content (AvgIpc) is 3.19. The van der Waals surface area contributed by atoms with Gasteiger partial charge in [0.1, 0.15) is 12.9 Å². The molecule has 0 unspecified atom stereocenters. The lowest BCUT2D eigenvalue weighted by Crippen LogP contribution is -2.39. The summed E-state index contributed by atoms with van der Waals surface area (Å²) in [6.07, 6.45) is 3.85. The Kier molecular flexibility index (Phi) is 5.14. The van der Waals surface area contributed by atoms with Gasteiger partial charge in [0.25, 0.3) is 0 Å². The largest absolute Gasteiger partial charge is 0.480 e. The number of nitrogens with zero attached hydrogens (tertiary/aromatic N) is 3. The Labute approximate surface area is 124 Å². The van der Waals surface area contributed by atoms with Crippen LogP contribution in [0.1, 0.15) is 18.9 Å². The zero-order chi connectivity index (χ0) is 15.2. The molecule has 2 rings (SSSR count). The average molecular weight is 313 g/mol. The summed E-state index contributed by atoms with van der Waals surface area (Å²) in [6.45, 7) is -0.712. The maximum absolute atomic E-state index is 11.6. The second-order valence-corrected chi connectivity index (χ2v) is 5.43. The minimum absolute atomic E-state index is 0.123. The number of thioether (sulfide) groups is 1. The van der Waals surface area contributed by atoms with Crippen molar-refractivity contribution in [3.05, 3.63) is 6.33 Å². The molecule has 1 aliphatic rings. The van der Waals surface area contributed by atoms with Crippen LogP contribution in [0.2, 0.25) is 0 Å². The van der Waals surface area contributed by atoms with Crippen LogP contribution in [0, 0.1) is 0 Å². The van der Waals surface area contributed by atoms with Gasteiger partial charge < -0.3 is 20.3 Å². The fourth-order valence-corrected chi connectivity index (χ4v) is 2.35. The monoisotopic (exact) mass is 313 g/mol. The van der Waals surface area contributed by atoms with E-state index in [1.54, 1.807) is 6.33 Å². The van der Waals surface area contributed by atoms with Crippen LogP contribution in [-0.4, -0.2) is 56.5 Å². The molecule has 0 radical (unpaired) electrons. The molecule has 1 aromatic rings. The molecular weight excluding hydrogens is 298 g/mol. The third-order valence-electron chi connectivity index (χ3n) is 2.70. The molecule has 21 heavy (non-hydrogen) atoms. The summed E-state index contributed by atoms with van der Waals surface area (Å²) in [5.41, 5.74) is 0. The number of hydrogen-bond acceptors (Lipinski definition) is 6. The molecule has 3 N–H and O–H groups in total. The molecule has 1 fully saturated rings. The summed E-state index contributed by atoms with van der Waals surface area (Å²) in [5.74, 6) is -1.88. The van der Waals surface area contributed by atoms with Crippen LogP contribution in [0.25, 0.3) is 0 Å². The SMILES string of the molecule is O=C(O)CNC(=O)CNC(=O)CSc1nncn1C1CC1. The number of nitrogens with one attached hydrogen (secondary N) is 2. The fraction of sp³-hybridized carbons (Fsp3) is 0.545. The Morgan fingerprint density at radius 3 is 2.67 bits per heavy atom.